The largest absolute Gasteiger partial charge is 0.356 e. The van der Waals surface area contributed by atoms with E-state index in [2.05, 4.69) is 28.1 Å². The molecule has 1 aromatic carbocycles. The van der Waals surface area contributed by atoms with E-state index in [1.165, 1.54) is 15.7 Å². The van der Waals surface area contributed by atoms with Gasteiger partial charge in [0, 0.05) is 39.3 Å². The molecule has 0 bridgehead atoms. The van der Waals surface area contributed by atoms with Crippen LogP contribution in [0.3, 0.4) is 0 Å². The van der Waals surface area contributed by atoms with Gasteiger partial charge >= 0.3 is 0 Å². The second-order valence-corrected chi connectivity index (χ2v) is 7.26. The molecular formula is C20H24N4O2. The molecule has 2 aromatic rings. The summed E-state index contributed by atoms with van der Waals surface area (Å²) in [5.41, 5.74) is 2.54. The van der Waals surface area contributed by atoms with Gasteiger partial charge < -0.3 is 14.4 Å². The number of aromatic nitrogens is 2. The lowest BCUT2D eigenvalue weighted by Gasteiger charge is -2.37. The van der Waals surface area contributed by atoms with Crippen molar-refractivity contribution in [2.24, 2.45) is 13.0 Å². The fraction of sp³-hybridized carbons (Fsp3) is 0.450. The number of anilines is 1. The SMILES string of the molecule is Cn1cnc(N2CCCC(C(=O)N3CCc4ccccc4C3)C2)cc1=O. The summed E-state index contributed by atoms with van der Waals surface area (Å²) >= 11 is 0. The molecule has 1 aromatic heterocycles. The summed E-state index contributed by atoms with van der Waals surface area (Å²) in [7, 11) is 1.69. The molecule has 1 saturated heterocycles. The molecule has 1 fully saturated rings. The molecule has 26 heavy (non-hydrogen) atoms. The van der Waals surface area contributed by atoms with Gasteiger partial charge in [-0.25, -0.2) is 4.98 Å². The Morgan fingerprint density at radius 1 is 1.19 bits per heavy atom. The Morgan fingerprint density at radius 3 is 2.81 bits per heavy atom. The van der Waals surface area contributed by atoms with Crippen LogP contribution in [0.1, 0.15) is 24.0 Å². The Kier molecular flexibility index (Phi) is 4.49. The average molecular weight is 352 g/mol. The highest BCUT2D eigenvalue weighted by Gasteiger charge is 2.31. The molecule has 0 saturated carbocycles. The van der Waals surface area contributed by atoms with Gasteiger partial charge in [0.15, 0.2) is 0 Å². The third-order valence-electron chi connectivity index (χ3n) is 5.50. The topological polar surface area (TPSA) is 58.4 Å². The maximum Gasteiger partial charge on any atom is 0.255 e. The Bertz CT molecular complexity index is 876. The molecule has 4 rings (SSSR count). The third kappa shape index (κ3) is 3.23. The molecule has 0 aliphatic carbocycles. The Hall–Kier alpha value is -2.63. The van der Waals surface area contributed by atoms with Crippen LogP contribution in [0.5, 0.6) is 0 Å². The molecular weight excluding hydrogens is 328 g/mol. The predicted octanol–water partition coefficient (Wildman–Crippen LogP) is 1.58. The number of nitrogens with zero attached hydrogens (tertiary/aromatic N) is 4. The Labute approximate surface area is 153 Å². The summed E-state index contributed by atoms with van der Waals surface area (Å²) < 4.78 is 1.46. The zero-order valence-electron chi connectivity index (χ0n) is 15.1. The van der Waals surface area contributed by atoms with E-state index >= 15 is 0 Å². The van der Waals surface area contributed by atoms with Gasteiger partial charge in [-0.3, -0.25) is 9.59 Å². The molecule has 0 N–H and O–H groups in total. The van der Waals surface area contributed by atoms with Crippen molar-refractivity contribution in [3.05, 3.63) is 58.1 Å². The van der Waals surface area contributed by atoms with Crippen LogP contribution in [0.25, 0.3) is 0 Å². The van der Waals surface area contributed by atoms with Gasteiger partial charge in [0.1, 0.15) is 5.82 Å². The summed E-state index contributed by atoms with van der Waals surface area (Å²) in [6.45, 7) is 2.97. The highest BCUT2D eigenvalue weighted by Crippen LogP contribution is 2.25. The van der Waals surface area contributed by atoms with E-state index in [-0.39, 0.29) is 17.4 Å². The molecule has 1 amide bonds. The van der Waals surface area contributed by atoms with Crippen LogP contribution in [0.15, 0.2) is 41.5 Å². The molecule has 0 spiro atoms. The molecule has 1 atom stereocenters. The van der Waals surface area contributed by atoms with Gasteiger partial charge in [0.05, 0.1) is 12.2 Å². The molecule has 2 aliphatic heterocycles. The summed E-state index contributed by atoms with van der Waals surface area (Å²) in [6.07, 6.45) is 4.31. The smallest absolute Gasteiger partial charge is 0.255 e. The first-order valence-electron chi connectivity index (χ1n) is 9.25. The fourth-order valence-electron chi connectivity index (χ4n) is 3.95. The third-order valence-corrected chi connectivity index (χ3v) is 5.50. The van der Waals surface area contributed by atoms with Crippen LogP contribution in [-0.2, 0) is 24.8 Å². The first kappa shape index (κ1) is 16.8. The van der Waals surface area contributed by atoms with Crippen molar-refractivity contribution in [1.29, 1.82) is 0 Å². The Balaban J connectivity index is 1.47. The standard InChI is InChI=1S/C20H24N4O2/c1-22-14-21-18(11-19(22)25)23-9-4-7-17(13-23)20(26)24-10-8-15-5-2-3-6-16(15)12-24/h2-3,5-6,11,14,17H,4,7-10,12-13H2,1H3. The highest BCUT2D eigenvalue weighted by atomic mass is 16.2. The monoisotopic (exact) mass is 352 g/mol. The van der Waals surface area contributed by atoms with Crippen LogP contribution < -0.4 is 10.5 Å². The second kappa shape index (κ2) is 6.94. The van der Waals surface area contributed by atoms with E-state index in [4.69, 9.17) is 0 Å². The number of amides is 1. The van der Waals surface area contributed by atoms with E-state index in [0.717, 1.165) is 32.4 Å². The molecule has 6 heteroatoms. The normalized spacial score (nSPS) is 20.0. The van der Waals surface area contributed by atoms with Gasteiger partial charge in [-0.15, -0.1) is 0 Å². The molecule has 6 nitrogen and oxygen atoms in total. The minimum Gasteiger partial charge on any atom is -0.356 e. The van der Waals surface area contributed by atoms with Crippen LogP contribution >= 0.6 is 0 Å². The first-order chi connectivity index (χ1) is 12.6. The highest BCUT2D eigenvalue weighted by molar-refractivity contribution is 5.80. The quantitative estimate of drug-likeness (QED) is 0.823. The van der Waals surface area contributed by atoms with Crippen molar-refractivity contribution in [2.45, 2.75) is 25.8 Å². The Morgan fingerprint density at radius 2 is 2.00 bits per heavy atom. The average Bonchev–Trinajstić information content (AvgIpc) is 2.69. The van der Waals surface area contributed by atoms with Gasteiger partial charge in [-0.05, 0) is 30.4 Å². The summed E-state index contributed by atoms with van der Waals surface area (Å²) in [6, 6.07) is 9.93. The number of fused-ring (bicyclic) bond motifs is 1. The maximum absolute atomic E-state index is 13.1. The second-order valence-electron chi connectivity index (χ2n) is 7.26. The number of carbonyl (C=O) groups is 1. The van der Waals surface area contributed by atoms with Gasteiger partial charge in [0.25, 0.3) is 5.56 Å². The minimum absolute atomic E-state index is 0.0279. The molecule has 3 heterocycles. The lowest BCUT2D eigenvalue weighted by molar-refractivity contribution is -0.136. The van der Waals surface area contributed by atoms with Crippen molar-refractivity contribution >= 4 is 11.7 Å². The zero-order chi connectivity index (χ0) is 18.1. The number of carbonyl (C=O) groups excluding carboxylic acids is 1. The number of rotatable bonds is 2. The number of hydrogen-bond donors (Lipinski definition) is 0. The van der Waals surface area contributed by atoms with Crippen molar-refractivity contribution in [3.63, 3.8) is 0 Å². The summed E-state index contributed by atoms with van der Waals surface area (Å²) in [5, 5.41) is 0. The molecule has 1 unspecified atom stereocenters. The van der Waals surface area contributed by atoms with Crippen LogP contribution in [-0.4, -0.2) is 40.0 Å². The molecule has 0 radical (unpaired) electrons. The van der Waals surface area contributed by atoms with E-state index in [1.54, 1.807) is 19.4 Å². The van der Waals surface area contributed by atoms with E-state index in [0.29, 0.717) is 18.9 Å². The van der Waals surface area contributed by atoms with Crippen LogP contribution in [0.2, 0.25) is 0 Å². The lowest BCUT2D eigenvalue weighted by Crippen LogP contribution is -2.46. The van der Waals surface area contributed by atoms with Gasteiger partial charge in [-0.2, -0.15) is 0 Å². The maximum atomic E-state index is 13.1. The van der Waals surface area contributed by atoms with Crippen molar-refractivity contribution in [2.75, 3.05) is 24.5 Å². The van der Waals surface area contributed by atoms with E-state index in [1.807, 2.05) is 11.0 Å². The number of benzene rings is 1. The number of hydrogen-bond acceptors (Lipinski definition) is 4. The molecule has 2 aliphatic rings. The summed E-state index contributed by atoms with van der Waals surface area (Å²) in [5.74, 6) is 0.877. The number of aryl methyl sites for hydroxylation is 1. The predicted molar refractivity (Wildman–Crippen MR) is 100.0 cm³/mol. The first-order valence-corrected chi connectivity index (χ1v) is 9.25. The zero-order valence-corrected chi connectivity index (χ0v) is 15.1. The minimum atomic E-state index is -0.0731. The van der Waals surface area contributed by atoms with Crippen molar-refractivity contribution in [3.8, 4) is 0 Å². The molecule has 136 valence electrons. The fourth-order valence-corrected chi connectivity index (χ4v) is 3.95. The van der Waals surface area contributed by atoms with Gasteiger partial charge in [-0.1, -0.05) is 24.3 Å². The van der Waals surface area contributed by atoms with Crippen molar-refractivity contribution in [1.82, 2.24) is 14.5 Å². The summed E-state index contributed by atoms with van der Waals surface area (Å²) in [4.78, 5) is 33.4. The van der Waals surface area contributed by atoms with E-state index < -0.39 is 0 Å². The lowest BCUT2D eigenvalue weighted by atomic mass is 9.94. The van der Waals surface area contributed by atoms with Gasteiger partial charge in [0.2, 0.25) is 5.91 Å². The number of piperidine rings is 1. The van der Waals surface area contributed by atoms with Crippen LogP contribution in [0.4, 0.5) is 5.82 Å². The van der Waals surface area contributed by atoms with Crippen LogP contribution in [0, 0.1) is 5.92 Å². The van der Waals surface area contributed by atoms with E-state index in [9.17, 15) is 9.59 Å². The van der Waals surface area contributed by atoms with Crippen molar-refractivity contribution < 1.29 is 4.79 Å².